The van der Waals surface area contributed by atoms with Gasteiger partial charge in [-0.25, -0.2) is 0 Å². The van der Waals surface area contributed by atoms with Crippen LogP contribution < -0.4 is 10.1 Å². The highest BCUT2D eigenvalue weighted by atomic mass is 16.5. The van der Waals surface area contributed by atoms with Gasteiger partial charge in [-0.05, 0) is 18.6 Å². The summed E-state index contributed by atoms with van der Waals surface area (Å²) >= 11 is 0. The molecule has 74 valence electrons. The van der Waals surface area contributed by atoms with Crippen LogP contribution in [0.15, 0.2) is 18.2 Å². The van der Waals surface area contributed by atoms with Crippen molar-refractivity contribution in [2.45, 2.75) is 19.8 Å². The monoisotopic (exact) mass is 191 g/mol. The Hall–Kier alpha value is -1.51. The van der Waals surface area contributed by atoms with Crippen molar-refractivity contribution in [2.24, 2.45) is 0 Å². The maximum atomic E-state index is 11.1. The zero-order chi connectivity index (χ0) is 9.97. The fourth-order valence-electron chi connectivity index (χ4n) is 1.60. The topological polar surface area (TPSA) is 38.3 Å². The summed E-state index contributed by atoms with van der Waals surface area (Å²) in [5.74, 6) is 0.532. The molecule has 2 rings (SSSR count). The molecule has 0 saturated carbocycles. The first-order valence-electron chi connectivity index (χ1n) is 4.87. The molecule has 0 unspecified atom stereocenters. The third-order valence-corrected chi connectivity index (χ3v) is 2.34. The van der Waals surface area contributed by atoms with Crippen LogP contribution in [-0.2, 0) is 11.2 Å². The quantitative estimate of drug-likeness (QED) is 0.573. The maximum Gasteiger partial charge on any atom is 0.310 e. The first-order chi connectivity index (χ1) is 6.81. The third-order valence-electron chi connectivity index (χ3n) is 2.34. The Balaban J connectivity index is 2.26. The number of carbonyl (C=O) groups is 1. The number of ether oxygens (including phenoxy) is 1. The molecular weight excluding hydrogens is 178 g/mol. The lowest BCUT2D eigenvalue weighted by atomic mass is 10.1. The molecule has 1 N–H and O–H groups in total. The van der Waals surface area contributed by atoms with E-state index < -0.39 is 0 Å². The van der Waals surface area contributed by atoms with Gasteiger partial charge in [0.25, 0.3) is 0 Å². The molecule has 1 aliphatic rings. The van der Waals surface area contributed by atoms with Crippen molar-refractivity contribution in [3.8, 4) is 5.75 Å². The molecule has 0 spiro atoms. The molecular formula is C11H13NO2. The van der Waals surface area contributed by atoms with Crippen molar-refractivity contribution >= 4 is 11.7 Å². The highest BCUT2D eigenvalue weighted by Crippen LogP contribution is 2.30. The predicted octanol–water partition coefficient (Wildman–Crippen LogP) is 1.97. The van der Waals surface area contributed by atoms with Crippen molar-refractivity contribution in [1.29, 1.82) is 0 Å². The SMILES string of the molecule is CCC(=O)Oc1cccc2c1CCN2. The highest BCUT2D eigenvalue weighted by Gasteiger charge is 2.15. The number of rotatable bonds is 2. The van der Waals surface area contributed by atoms with Crippen LogP contribution in [0.4, 0.5) is 5.69 Å². The molecule has 1 aliphatic heterocycles. The van der Waals surface area contributed by atoms with E-state index >= 15 is 0 Å². The summed E-state index contributed by atoms with van der Waals surface area (Å²) in [5, 5.41) is 3.24. The van der Waals surface area contributed by atoms with E-state index in [1.165, 1.54) is 0 Å². The van der Waals surface area contributed by atoms with Crippen molar-refractivity contribution in [1.82, 2.24) is 0 Å². The van der Waals surface area contributed by atoms with Gasteiger partial charge in [0.05, 0.1) is 0 Å². The Bertz CT molecular complexity index is 360. The number of esters is 1. The Morgan fingerprint density at radius 2 is 2.43 bits per heavy atom. The van der Waals surface area contributed by atoms with Crippen molar-refractivity contribution in [3.63, 3.8) is 0 Å². The third kappa shape index (κ3) is 1.58. The summed E-state index contributed by atoms with van der Waals surface area (Å²) in [6.07, 6.45) is 1.35. The lowest BCUT2D eigenvalue weighted by Gasteiger charge is -2.07. The van der Waals surface area contributed by atoms with Gasteiger partial charge in [-0.1, -0.05) is 13.0 Å². The number of carbonyl (C=O) groups excluding carboxylic acids is 1. The van der Waals surface area contributed by atoms with Crippen LogP contribution in [0, 0.1) is 0 Å². The first kappa shape index (κ1) is 9.06. The van der Waals surface area contributed by atoms with Gasteiger partial charge in [0.2, 0.25) is 0 Å². The summed E-state index contributed by atoms with van der Waals surface area (Å²) in [6.45, 7) is 2.72. The Morgan fingerprint density at radius 1 is 1.57 bits per heavy atom. The van der Waals surface area contributed by atoms with Gasteiger partial charge in [0, 0.05) is 24.2 Å². The molecule has 0 bridgehead atoms. The van der Waals surface area contributed by atoms with Crippen LogP contribution in [0.5, 0.6) is 5.75 Å². The average Bonchev–Trinajstić information content (AvgIpc) is 2.66. The summed E-state index contributed by atoms with van der Waals surface area (Å²) in [6, 6.07) is 5.75. The molecule has 0 fully saturated rings. The van der Waals surface area contributed by atoms with E-state index in [-0.39, 0.29) is 5.97 Å². The Kier molecular flexibility index (Phi) is 2.39. The van der Waals surface area contributed by atoms with Gasteiger partial charge >= 0.3 is 5.97 Å². The van der Waals surface area contributed by atoms with E-state index in [4.69, 9.17) is 4.74 Å². The van der Waals surface area contributed by atoms with E-state index in [2.05, 4.69) is 5.32 Å². The number of hydrogen-bond acceptors (Lipinski definition) is 3. The number of anilines is 1. The van der Waals surface area contributed by atoms with Gasteiger partial charge in [0.1, 0.15) is 5.75 Å². The number of hydrogen-bond donors (Lipinski definition) is 1. The fourth-order valence-corrected chi connectivity index (χ4v) is 1.60. The molecule has 1 heterocycles. The van der Waals surface area contributed by atoms with Gasteiger partial charge < -0.3 is 10.1 Å². The first-order valence-corrected chi connectivity index (χ1v) is 4.87. The second kappa shape index (κ2) is 3.70. The maximum absolute atomic E-state index is 11.1. The lowest BCUT2D eigenvalue weighted by Crippen LogP contribution is -2.06. The van der Waals surface area contributed by atoms with Gasteiger partial charge in [-0.15, -0.1) is 0 Å². The Labute approximate surface area is 83.1 Å². The molecule has 0 aliphatic carbocycles. The zero-order valence-corrected chi connectivity index (χ0v) is 8.17. The molecule has 0 saturated heterocycles. The smallest absolute Gasteiger partial charge is 0.310 e. The predicted molar refractivity (Wildman–Crippen MR) is 54.6 cm³/mol. The van der Waals surface area contributed by atoms with Crippen LogP contribution in [0.25, 0.3) is 0 Å². The standard InChI is InChI=1S/C11H13NO2/c1-2-11(13)14-10-5-3-4-9-8(10)6-7-12-9/h3-5,12H,2,6-7H2,1H3. The van der Waals surface area contributed by atoms with Gasteiger partial charge in [-0.2, -0.15) is 0 Å². The summed E-state index contributed by atoms with van der Waals surface area (Å²) < 4.78 is 5.23. The minimum atomic E-state index is -0.176. The second-order valence-corrected chi connectivity index (χ2v) is 3.29. The van der Waals surface area contributed by atoms with E-state index in [0.29, 0.717) is 12.2 Å². The molecule has 0 atom stereocenters. The number of benzene rings is 1. The molecule has 14 heavy (non-hydrogen) atoms. The van der Waals surface area contributed by atoms with E-state index in [0.717, 1.165) is 24.2 Å². The molecule has 1 aromatic rings. The fraction of sp³-hybridized carbons (Fsp3) is 0.364. The van der Waals surface area contributed by atoms with E-state index in [1.807, 2.05) is 18.2 Å². The molecule has 0 amide bonds. The van der Waals surface area contributed by atoms with Gasteiger partial charge in [0.15, 0.2) is 0 Å². The number of fused-ring (bicyclic) bond motifs is 1. The minimum absolute atomic E-state index is 0.176. The van der Waals surface area contributed by atoms with Crippen LogP contribution >= 0.6 is 0 Å². The van der Waals surface area contributed by atoms with Crippen molar-refractivity contribution < 1.29 is 9.53 Å². The highest BCUT2D eigenvalue weighted by molar-refractivity contribution is 5.74. The van der Waals surface area contributed by atoms with Crippen LogP contribution in [0.1, 0.15) is 18.9 Å². The summed E-state index contributed by atoms with van der Waals surface area (Å²) in [7, 11) is 0. The zero-order valence-electron chi connectivity index (χ0n) is 8.17. The molecule has 3 heteroatoms. The summed E-state index contributed by atoms with van der Waals surface area (Å²) in [4.78, 5) is 11.1. The normalized spacial score (nSPS) is 13.2. The van der Waals surface area contributed by atoms with E-state index in [9.17, 15) is 4.79 Å². The molecule has 0 radical (unpaired) electrons. The molecule has 3 nitrogen and oxygen atoms in total. The van der Waals surface area contributed by atoms with Crippen molar-refractivity contribution in [3.05, 3.63) is 23.8 Å². The molecule has 0 aromatic heterocycles. The largest absolute Gasteiger partial charge is 0.426 e. The average molecular weight is 191 g/mol. The van der Waals surface area contributed by atoms with Crippen LogP contribution in [0.2, 0.25) is 0 Å². The van der Waals surface area contributed by atoms with Crippen LogP contribution in [-0.4, -0.2) is 12.5 Å². The second-order valence-electron chi connectivity index (χ2n) is 3.29. The summed E-state index contributed by atoms with van der Waals surface area (Å²) in [5.41, 5.74) is 2.21. The minimum Gasteiger partial charge on any atom is -0.426 e. The number of nitrogens with one attached hydrogen (secondary N) is 1. The lowest BCUT2D eigenvalue weighted by molar-refractivity contribution is -0.134. The van der Waals surface area contributed by atoms with E-state index in [1.54, 1.807) is 6.92 Å². The Morgan fingerprint density at radius 3 is 3.21 bits per heavy atom. The van der Waals surface area contributed by atoms with Gasteiger partial charge in [-0.3, -0.25) is 4.79 Å². The van der Waals surface area contributed by atoms with Crippen LogP contribution in [0.3, 0.4) is 0 Å². The van der Waals surface area contributed by atoms with Crippen molar-refractivity contribution in [2.75, 3.05) is 11.9 Å². The molecule has 1 aromatic carbocycles.